The van der Waals surface area contributed by atoms with Gasteiger partial charge in [-0.1, -0.05) is 41.9 Å². The Kier molecular flexibility index (Phi) is 4.79. The molecule has 1 aliphatic heterocycles. The summed E-state index contributed by atoms with van der Waals surface area (Å²) in [4.78, 5) is 27.2. The van der Waals surface area contributed by atoms with Gasteiger partial charge < -0.3 is 14.4 Å². The van der Waals surface area contributed by atoms with E-state index in [2.05, 4.69) is 0 Å². The van der Waals surface area contributed by atoms with Crippen molar-refractivity contribution < 1.29 is 19.1 Å². The monoisotopic (exact) mass is 395 g/mol. The van der Waals surface area contributed by atoms with Crippen molar-refractivity contribution in [2.45, 2.75) is 18.4 Å². The maximum absolute atomic E-state index is 13.2. The standard InChI is InChI=1S/C22H18ClNO4/c23-16-8-9-18-17(13-16)22(27,14-19(25)20-7-4-12-28-20)21(26)24(18)11-10-15-5-2-1-3-6-15/h1-9,12-13,27H,10-11,14H2/t22-/m0/s1. The molecule has 0 saturated heterocycles. The Morgan fingerprint density at radius 3 is 2.61 bits per heavy atom. The van der Waals surface area contributed by atoms with Gasteiger partial charge in [0.15, 0.2) is 11.4 Å². The maximum atomic E-state index is 13.2. The molecule has 0 bridgehead atoms. The number of fused-ring (bicyclic) bond motifs is 1. The molecule has 0 fully saturated rings. The lowest BCUT2D eigenvalue weighted by Gasteiger charge is -2.22. The Bertz CT molecular complexity index is 1020. The fraction of sp³-hybridized carbons (Fsp3) is 0.182. The molecule has 0 radical (unpaired) electrons. The lowest BCUT2D eigenvalue weighted by atomic mass is 9.89. The van der Waals surface area contributed by atoms with Gasteiger partial charge >= 0.3 is 0 Å². The predicted octanol–water partition coefficient (Wildman–Crippen LogP) is 3.98. The van der Waals surface area contributed by atoms with Gasteiger partial charge in [-0.2, -0.15) is 0 Å². The zero-order valence-corrected chi connectivity index (χ0v) is 15.7. The van der Waals surface area contributed by atoms with E-state index in [0.29, 0.717) is 29.2 Å². The molecule has 2 heterocycles. The van der Waals surface area contributed by atoms with Crippen LogP contribution in [0, 0.1) is 0 Å². The van der Waals surface area contributed by atoms with Crippen LogP contribution in [0.3, 0.4) is 0 Å². The molecule has 4 rings (SSSR count). The zero-order valence-electron chi connectivity index (χ0n) is 15.0. The summed E-state index contributed by atoms with van der Waals surface area (Å²) in [5.41, 5.74) is 0.0202. The van der Waals surface area contributed by atoms with Gasteiger partial charge in [0.25, 0.3) is 5.91 Å². The number of carbonyl (C=O) groups is 2. The molecule has 28 heavy (non-hydrogen) atoms. The average Bonchev–Trinajstić information content (AvgIpc) is 3.30. The number of anilines is 1. The summed E-state index contributed by atoms with van der Waals surface area (Å²) in [6.07, 6.45) is 1.59. The molecular formula is C22H18ClNO4. The first kappa shape index (κ1) is 18.5. The van der Waals surface area contributed by atoms with Crippen molar-refractivity contribution in [3.63, 3.8) is 0 Å². The second-order valence-electron chi connectivity index (χ2n) is 6.79. The van der Waals surface area contributed by atoms with Crippen LogP contribution in [0.5, 0.6) is 0 Å². The van der Waals surface area contributed by atoms with E-state index in [9.17, 15) is 14.7 Å². The number of carbonyl (C=O) groups excluding carboxylic acids is 2. The minimum absolute atomic E-state index is 0.104. The van der Waals surface area contributed by atoms with E-state index in [1.165, 1.54) is 17.2 Å². The van der Waals surface area contributed by atoms with Crippen LogP contribution in [0.25, 0.3) is 0 Å². The summed E-state index contributed by atoms with van der Waals surface area (Å²) >= 11 is 6.11. The lowest BCUT2D eigenvalue weighted by Crippen LogP contribution is -2.42. The highest BCUT2D eigenvalue weighted by molar-refractivity contribution is 6.31. The summed E-state index contributed by atoms with van der Waals surface area (Å²) in [5, 5.41) is 11.7. The van der Waals surface area contributed by atoms with Crippen molar-refractivity contribution in [2.24, 2.45) is 0 Å². The van der Waals surface area contributed by atoms with Crippen molar-refractivity contribution >= 4 is 29.0 Å². The molecule has 1 N–H and O–H groups in total. The number of ketones is 1. The Hall–Kier alpha value is -2.89. The van der Waals surface area contributed by atoms with Crippen LogP contribution in [0.2, 0.25) is 5.02 Å². The molecule has 1 aromatic heterocycles. The third-order valence-electron chi connectivity index (χ3n) is 4.97. The first-order valence-electron chi connectivity index (χ1n) is 8.94. The average molecular weight is 396 g/mol. The van der Waals surface area contributed by atoms with Crippen LogP contribution in [-0.2, 0) is 16.8 Å². The van der Waals surface area contributed by atoms with Crippen molar-refractivity contribution in [1.82, 2.24) is 0 Å². The number of amides is 1. The first-order valence-corrected chi connectivity index (χ1v) is 9.32. The number of furan rings is 1. The third-order valence-corrected chi connectivity index (χ3v) is 5.21. The summed E-state index contributed by atoms with van der Waals surface area (Å²) < 4.78 is 5.12. The number of hydrogen-bond donors (Lipinski definition) is 1. The van der Waals surface area contributed by atoms with Crippen LogP contribution >= 0.6 is 11.6 Å². The molecule has 3 aromatic rings. The second-order valence-corrected chi connectivity index (χ2v) is 7.23. The van der Waals surface area contributed by atoms with Gasteiger partial charge in [0.1, 0.15) is 0 Å². The normalized spacial score (nSPS) is 18.4. The predicted molar refractivity (Wildman–Crippen MR) is 106 cm³/mol. The highest BCUT2D eigenvalue weighted by Crippen LogP contribution is 2.44. The van der Waals surface area contributed by atoms with E-state index in [1.54, 1.807) is 24.3 Å². The highest BCUT2D eigenvalue weighted by atomic mass is 35.5. The van der Waals surface area contributed by atoms with Gasteiger partial charge in [-0.15, -0.1) is 0 Å². The molecule has 2 aromatic carbocycles. The lowest BCUT2D eigenvalue weighted by molar-refractivity contribution is -0.135. The van der Waals surface area contributed by atoms with E-state index in [-0.39, 0.29) is 5.76 Å². The molecule has 0 unspecified atom stereocenters. The molecule has 1 amide bonds. The molecule has 5 nitrogen and oxygen atoms in total. The summed E-state index contributed by atoms with van der Waals surface area (Å²) in [6, 6.07) is 17.8. The highest BCUT2D eigenvalue weighted by Gasteiger charge is 2.51. The fourth-order valence-corrected chi connectivity index (χ4v) is 3.73. The molecule has 0 saturated carbocycles. The van der Waals surface area contributed by atoms with Crippen molar-refractivity contribution in [2.75, 3.05) is 11.4 Å². The number of hydrogen-bond acceptors (Lipinski definition) is 4. The van der Waals surface area contributed by atoms with Gasteiger partial charge in [0.2, 0.25) is 5.78 Å². The third kappa shape index (κ3) is 3.23. The Morgan fingerprint density at radius 2 is 1.89 bits per heavy atom. The van der Waals surface area contributed by atoms with Crippen LogP contribution in [0.4, 0.5) is 5.69 Å². The zero-order chi connectivity index (χ0) is 19.7. The molecule has 1 atom stereocenters. The quantitative estimate of drug-likeness (QED) is 0.641. The maximum Gasteiger partial charge on any atom is 0.264 e. The van der Waals surface area contributed by atoms with Crippen molar-refractivity contribution in [3.05, 3.63) is 88.8 Å². The van der Waals surface area contributed by atoms with Gasteiger partial charge in [-0.3, -0.25) is 9.59 Å². The smallest absolute Gasteiger partial charge is 0.264 e. The van der Waals surface area contributed by atoms with E-state index in [0.717, 1.165) is 5.56 Å². The number of halogens is 1. The van der Waals surface area contributed by atoms with E-state index >= 15 is 0 Å². The number of benzene rings is 2. The van der Waals surface area contributed by atoms with E-state index < -0.39 is 23.7 Å². The van der Waals surface area contributed by atoms with Gasteiger partial charge in [-0.05, 0) is 42.3 Å². The van der Waals surface area contributed by atoms with Crippen LogP contribution in [0.1, 0.15) is 28.1 Å². The SMILES string of the molecule is O=C(C[C@@]1(O)C(=O)N(CCc2ccccc2)c2ccc(Cl)cc21)c1ccco1. The van der Waals surface area contributed by atoms with Crippen molar-refractivity contribution in [3.8, 4) is 0 Å². The minimum Gasteiger partial charge on any atom is -0.461 e. The summed E-state index contributed by atoms with van der Waals surface area (Å²) in [6.45, 7) is 0.384. The second kappa shape index (κ2) is 7.26. The Labute approximate surface area is 167 Å². The molecule has 0 aliphatic carbocycles. The first-order chi connectivity index (χ1) is 13.5. The molecule has 1 aliphatic rings. The van der Waals surface area contributed by atoms with Gasteiger partial charge in [0.05, 0.1) is 18.4 Å². The van der Waals surface area contributed by atoms with Crippen LogP contribution in [-0.4, -0.2) is 23.3 Å². The molecule has 0 spiro atoms. The molecule has 6 heteroatoms. The Balaban J connectivity index is 1.65. The van der Waals surface area contributed by atoms with E-state index in [4.69, 9.17) is 16.0 Å². The fourth-order valence-electron chi connectivity index (χ4n) is 3.56. The molecular weight excluding hydrogens is 378 g/mol. The topological polar surface area (TPSA) is 70.8 Å². The number of rotatable bonds is 6. The largest absolute Gasteiger partial charge is 0.461 e. The number of nitrogens with zero attached hydrogens (tertiary/aromatic N) is 1. The number of aliphatic hydroxyl groups is 1. The summed E-state index contributed by atoms with van der Waals surface area (Å²) in [5.74, 6) is -0.871. The Morgan fingerprint density at radius 1 is 1.11 bits per heavy atom. The van der Waals surface area contributed by atoms with Gasteiger partial charge in [0, 0.05) is 17.1 Å². The van der Waals surface area contributed by atoms with E-state index in [1.807, 2.05) is 30.3 Å². The van der Waals surface area contributed by atoms with Crippen LogP contribution in [0.15, 0.2) is 71.3 Å². The minimum atomic E-state index is -1.97. The summed E-state index contributed by atoms with van der Waals surface area (Å²) in [7, 11) is 0. The van der Waals surface area contributed by atoms with Crippen molar-refractivity contribution in [1.29, 1.82) is 0 Å². The number of Topliss-reactive ketones (excluding diaryl/α,β-unsaturated/α-hetero) is 1. The molecule has 142 valence electrons. The van der Waals surface area contributed by atoms with Gasteiger partial charge in [-0.25, -0.2) is 0 Å². The van der Waals surface area contributed by atoms with Crippen LogP contribution < -0.4 is 4.90 Å².